The summed E-state index contributed by atoms with van der Waals surface area (Å²) in [4.78, 5) is 14.0. The molecule has 112 valence electrons. The minimum absolute atomic E-state index is 0.0469. The molecule has 6 nitrogen and oxygen atoms in total. The minimum Gasteiger partial charge on any atom is -0.347 e. The van der Waals surface area contributed by atoms with Gasteiger partial charge in [0.15, 0.2) is 5.82 Å². The standard InChI is InChI=1S/C14H25N5O/c1-5-11(18(2)3)14(20)15-9-12-16-17-13(19(12)4)10-7-6-8-10/h10-11H,5-9H2,1-4H3,(H,15,20)/t11-/m0/s1. The highest BCUT2D eigenvalue weighted by Crippen LogP contribution is 2.34. The normalized spacial score (nSPS) is 17.1. The molecule has 20 heavy (non-hydrogen) atoms. The molecule has 1 atom stereocenters. The second-order valence-electron chi connectivity index (χ2n) is 5.77. The molecular formula is C14H25N5O. The molecule has 2 rings (SSSR count). The van der Waals surface area contributed by atoms with E-state index in [0.717, 1.165) is 18.1 Å². The summed E-state index contributed by atoms with van der Waals surface area (Å²) in [5.74, 6) is 2.49. The van der Waals surface area contributed by atoms with Gasteiger partial charge in [-0.1, -0.05) is 13.3 Å². The van der Waals surface area contributed by atoms with Gasteiger partial charge < -0.3 is 9.88 Å². The topological polar surface area (TPSA) is 63.1 Å². The van der Waals surface area contributed by atoms with E-state index in [1.165, 1.54) is 19.3 Å². The fourth-order valence-corrected chi connectivity index (χ4v) is 2.62. The van der Waals surface area contributed by atoms with Crippen molar-refractivity contribution >= 4 is 5.91 Å². The van der Waals surface area contributed by atoms with E-state index in [-0.39, 0.29) is 11.9 Å². The zero-order valence-corrected chi connectivity index (χ0v) is 12.9. The SMILES string of the molecule is CC[C@@H](C(=O)NCc1nnc(C2CCC2)n1C)N(C)C. The van der Waals surface area contributed by atoms with Gasteiger partial charge in [0.1, 0.15) is 5.82 Å². The first-order valence-electron chi connectivity index (χ1n) is 7.36. The number of carbonyl (C=O) groups is 1. The number of nitrogens with one attached hydrogen (secondary N) is 1. The van der Waals surface area contributed by atoms with Gasteiger partial charge in [0.2, 0.25) is 5.91 Å². The van der Waals surface area contributed by atoms with Crippen LogP contribution < -0.4 is 5.32 Å². The number of hydrogen-bond acceptors (Lipinski definition) is 4. The van der Waals surface area contributed by atoms with Crippen molar-refractivity contribution in [1.82, 2.24) is 25.0 Å². The van der Waals surface area contributed by atoms with Crippen LogP contribution in [0.4, 0.5) is 0 Å². The number of likely N-dealkylation sites (N-methyl/N-ethyl adjacent to an activating group) is 1. The molecule has 1 amide bonds. The van der Waals surface area contributed by atoms with Crippen molar-refractivity contribution in [2.45, 2.75) is 51.1 Å². The minimum atomic E-state index is -0.0886. The summed E-state index contributed by atoms with van der Waals surface area (Å²) in [5, 5.41) is 11.4. The van der Waals surface area contributed by atoms with Crippen LogP contribution in [0.5, 0.6) is 0 Å². The molecular weight excluding hydrogens is 254 g/mol. The molecule has 0 spiro atoms. The van der Waals surface area contributed by atoms with E-state index in [1.54, 1.807) is 0 Å². The smallest absolute Gasteiger partial charge is 0.237 e. The molecule has 1 aliphatic carbocycles. The average Bonchev–Trinajstić information content (AvgIpc) is 2.67. The lowest BCUT2D eigenvalue weighted by molar-refractivity contribution is -0.125. The summed E-state index contributed by atoms with van der Waals surface area (Å²) in [6.07, 6.45) is 4.49. The Morgan fingerprint density at radius 1 is 1.45 bits per heavy atom. The van der Waals surface area contributed by atoms with Crippen LogP contribution in [0.15, 0.2) is 0 Å². The van der Waals surface area contributed by atoms with Crippen LogP contribution in [0.1, 0.15) is 50.2 Å². The average molecular weight is 279 g/mol. The summed E-state index contributed by atoms with van der Waals surface area (Å²) in [7, 11) is 5.83. The van der Waals surface area contributed by atoms with Crippen LogP contribution in [-0.4, -0.2) is 45.7 Å². The van der Waals surface area contributed by atoms with E-state index >= 15 is 0 Å². The molecule has 0 unspecified atom stereocenters. The number of hydrogen-bond donors (Lipinski definition) is 1. The van der Waals surface area contributed by atoms with Gasteiger partial charge in [-0.15, -0.1) is 10.2 Å². The van der Waals surface area contributed by atoms with Gasteiger partial charge in [-0.25, -0.2) is 0 Å². The molecule has 0 saturated heterocycles. The fraction of sp³-hybridized carbons (Fsp3) is 0.786. The van der Waals surface area contributed by atoms with Crippen molar-refractivity contribution in [3.8, 4) is 0 Å². The maximum Gasteiger partial charge on any atom is 0.237 e. The van der Waals surface area contributed by atoms with Gasteiger partial charge in [-0.05, 0) is 33.4 Å². The lowest BCUT2D eigenvalue weighted by atomic mass is 9.85. The second kappa shape index (κ2) is 6.35. The Morgan fingerprint density at radius 2 is 2.15 bits per heavy atom. The van der Waals surface area contributed by atoms with E-state index in [4.69, 9.17) is 0 Å². The molecule has 6 heteroatoms. The number of carbonyl (C=O) groups excluding carboxylic acids is 1. The molecule has 1 aromatic heterocycles. The van der Waals surface area contributed by atoms with Crippen molar-refractivity contribution in [3.05, 3.63) is 11.6 Å². The Kier molecular flexibility index (Phi) is 4.75. The quantitative estimate of drug-likeness (QED) is 0.845. The summed E-state index contributed by atoms with van der Waals surface area (Å²) >= 11 is 0. The van der Waals surface area contributed by atoms with Gasteiger partial charge in [0.05, 0.1) is 12.6 Å². The lowest BCUT2D eigenvalue weighted by Crippen LogP contribution is -2.43. The molecule has 0 aliphatic heterocycles. The highest BCUT2D eigenvalue weighted by atomic mass is 16.2. The van der Waals surface area contributed by atoms with Crippen LogP contribution >= 0.6 is 0 Å². The molecule has 1 aromatic rings. The Morgan fingerprint density at radius 3 is 2.65 bits per heavy atom. The predicted octanol–water partition coefficient (Wildman–Crippen LogP) is 1.04. The number of nitrogens with zero attached hydrogens (tertiary/aromatic N) is 4. The highest BCUT2D eigenvalue weighted by molar-refractivity contribution is 5.81. The molecule has 1 aliphatic rings. The molecule has 1 N–H and O–H groups in total. The maximum absolute atomic E-state index is 12.1. The first kappa shape index (κ1) is 15.0. The third-order valence-electron chi connectivity index (χ3n) is 4.20. The van der Waals surface area contributed by atoms with Crippen molar-refractivity contribution in [2.24, 2.45) is 7.05 Å². The summed E-state index contributed by atoms with van der Waals surface area (Å²) in [6, 6.07) is -0.0886. The van der Waals surface area contributed by atoms with Gasteiger partial charge in [-0.2, -0.15) is 0 Å². The predicted molar refractivity (Wildman–Crippen MR) is 77.2 cm³/mol. The van der Waals surface area contributed by atoms with E-state index in [1.807, 2.05) is 37.5 Å². The molecule has 0 aromatic carbocycles. The van der Waals surface area contributed by atoms with E-state index in [9.17, 15) is 4.79 Å². The lowest BCUT2D eigenvalue weighted by Gasteiger charge is -2.24. The zero-order valence-electron chi connectivity index (χ0n) is 12.9. The molecule has 1 saturated carbocycles. The molecule has 1 fully saturated rings. The number of amides is 1. The van der Waals surface area contributed by atoms with Crippen LogP contribution in [0.25, 0.3) is 0 Å². The summed E-state index contributed by atoms with van der Waals surface area (Å²) in [5.41, 5.74) is 0. The van der Waals surface area contributed by atoms with E-state index in [2.05, 4.69) is 15.5 Å². The van der Waals surface area contributed by atoms with Gasteiger partial charge in [0.25, 0.3) is 0 Å². The zero-order chi connectivity index (χ0) is 14.7. The summed E-state index contributed by atoms with van der Waals surface area (Å²) < 4.78 is 2.03. The Balaban J connectivity index is 1.93. The number of aromatic nitrogens is 3. The van der Waals surface area contributed by atoms with Gasteiger partial charge >= 0.3 is 0 Å². The van der Waals surface area contributed by atoms with Crippen molar-refractivity contribution in [1.29, 1.82) is 0 Å². The van der Waals surface area contributed by atoms with Crippen LogP contribution in [0.3, 0.4) is 0 Å². The van der Waals surface area contributed by atoms with E-state index < -0.39 is 0 Å². The first-order chi connectivity index (χ1) is 9.54. The Labute approximate surface area is 120 Å². The summed E-state index contributed by atoms with van der Waals surface area (Å²) in [6.45, 7) is 2.46. The Hall–Kier alpha value is -1.43. The third-order valence-corrected chi connectivity index (χ3v) is 4.20. The monoisotopic (exact) mass is 279 g/mol. The molecule has 1 heterocycles. The van der Waals surface area contributed by atoms with Crippen molar-refractivity contribution < 1.29 is 4.79 Å². The van der Waals surface area contributed by atoms with E-state index in [0.29, 0.717) is 12.5 Å². The molecule has 0 bridgehead atoms. The highest BCUT2D eigenvalue weighted by Gasteiger charge is 2.25. The van der Waals surface area contributed by atoms with Crippen molar-refractivity contribution in [2.75, 3.05) is 14.1 Å². The fourth-order valence-electron chi connectivity index (χ4n) is 2.62. The Bertz CT molecular complexity index is 464. The van der Waals surface area contributed by atoms with Crippen LogP contribution in [0, 0.1) is 0 Å². The van der Waals surface area contributed by atoms with Crippen molar-refractivity contribution in [3.63, 3.8) is 0 Å². The largest absolute Gasteiger partial charge is 0.347 e. The second-order valence-corrected chi connectivity index (χ2v) is 5.77. The van der Waals surface area contributed by atoms with Crippen LogP contribution in [0.2, 0.25) is 0 Å². The third kappa shape index (κ3) is 3.00. The van der Waals surface area contributed by atoms with Gasteiger partial charge in [-0.3, -0.25) is 9.69 Å². The van der Waals surface area contributed by atoms with Gasteiger partial charge in [0, 0.05) is 13.0 Å². The van der Waals surface area contributed by atoms with Crippen LogP contribution in [-0.2, 0) is 18.4 Å². The number of rotatable bonds is 6. The first-order valence-corrected chi connectivity index (χ1v) is 7.36. The maximum atomic E-state index is 12.1. The molecule has 0 radical (unpaired) electrons.